The van der Waals surface area contributed by atoms with Gasteiger partial charge in [-0.05, 0) is 24.0 Å². The standard InChI is InChI=1S/C21H25N3O4/c1-26-16-10-13(11-17(27-2)20(16)28-3)22-21(25)19-15-9-8-12-6-4-5-7-14(12)18(15)23-24-19/h4-7,10-11,15,18-19,23-24H,8-9H2,1-3H3,(H,22,25). The zero-order valence-electron chi connectivity index (χ0n) is 16.2. The van der Waals surface area contributed by atoms with E-state index in [-0.39, 0.29) is 23.9 Å². The summed E-state index contributed by atoms with van der Waals surface area (Å²) in [5, 5.41) is 2.98. The molecule has 0 bridgehead atoms. The van der Waals surface area contributed by atoms with Crippen molar-refractivity contribution in [2.24, 2.45) is 5.92 Å². The third-order valence-corrected chi connectivity index (χ3v) is 5.60. The van der Waals surface area contributed by atoms with E-state index >= 15 is 0 Å². The van der Waals surface area contributed by atoms with Gasteiger partial charge in [0.1, 0.15) is 6.04 Å². The molecule has 0 aromatic heterocycles. The maximum Gasteiger partial charge on any atom is 0.243 e. The van der Waals surface area contributed by atoms with Gasteiger partial charge >= 0.3 is 0 Å². The predicted molar refractivity (Wildman–Crippen MR) is 106 cm³/mol. The molecule has 0 saturated carbocycles. The van der Waals surface area contributed by atoms with Crippen molar-refractivity contribution in [2.45, 2.75) is 24.9 Å². The van der Waals surface area contributed by atoms with Gasteiger partial charge in [-0.25, -0.2) is 10.9 Å². The molecule has 7 nitrogen and oxygen atoms in total. The van der Waals surface area contributed by atoms with Crippen LogP contribution >= 0.6 is 0 Å². The lowest BCUT2D eigenvalue weighted by Crippen LogP contribution is -2.42. The van der Waals surface area contributed by atoms with Gasteiger partial charge in [0.25, 0.3) is 0 Å². The van der Waals surface area contributed by atoms with Crippen LogP contribution in [0.5, 0.6) is 17.2 Å². The Morgan fingerprint density at radius 1 is 1.04 bits per heavy atom. The van der Waals surface area contributed by atoms with Gasteiger partial charge in [0.05, 0.1) is 27.4 Å². The monoisotopic (exact) mass is 383 g/mol. The molecule has 1 aliphatic heterocycles. The molecule has 2 aliphatic rings. The number of fused-ring (bicyclic) bond motifs is 3. The van der Waals surface area contributed by atoms with Crippen molar-refractivity contribution in [3.05, 3.63) is 47.5 Å². The number of nitrogens with one attached hydrogen (secondary N) is 3. The van der Waals surface area contributed by atoms with Crippen molar-refractivity contribution in [2.75, 3.05) is 26.6 Å². The smallest absolute Gasteiger partial charge is 0.243 e. The Balaban J connectivity index is 1.54. The van der Waals surface area contributed by atoms with Gasteiger partial charge in [-0.15, -0.1) is 0 Å². The molecule has 1 aliphatic carbocycles. The first-order valence-corrected chi connectivity index (χ1v) is 9.36. The lowest BCUT2D eigenvalue weighted by Gasteiger charge is -2.29. The number of hydrogen-bond donors (Lipinski definition) is 3. The van der Waals surface area contributed by atoms with E-state index in [1.54, 1.807) is 33.5 Å². The first kappa shape index (κ1) is 18.6. The molecule has 0 spiro atoms. The Morgan fingerprint density at radius 2 is 1.75 bits per heavy atom. The van der Waals surface area contributed by atoms with Gasteiger partial charge in [-0.2, -0.15) is 0 Å². The summed E-state index contributed by atoms with van der Waals surface area (Å²) >= 11 is 0. The zero-order valence-corrected chi connectivity index (χ0v) is 16.2. The van der Waals surface area contributed by atoms with E-state index in [0.717, 1.165) is 12.8 Å². The molecule has 3 unspecified atom stereocenters. The quantitative estimate of drug-likeness (QED) is 0.736. The lowest BCUT2D eigenvalue weighted by molar-refractivity contribution is -0.118. The van der Waals surface area contributed by atoms with Crippen molar-refractivity contribution < 1.29 is 19.0 Å². The normalized spacial score (nSPS) is 22.8. The van der Waals surface area contributed by atoms with Crippen molar-refractivity contribution in [3.63, 3.8) is 0 Å². The number of ether oxygens (including phenoxy) is 3. The van der Waals surface area contributed by atoms with Crippen LogP contribution in [0.25, 0.3) is 0 Å². The first-order valence-electron chi connectivity index (χ1n) is 9.36. The fraction of sp³-hybridized carbons (Fsp3) is 0.381. The van der Waals surface area contributed by atoms with Crippen molar-refractivity contribution >= 4 is 11.6 Å². The van der Waals surface area contributed by atoms with E-state index in [0.29, 0.717) is 22.9 Å². The van der Waals surface area contributed by atoms with Crippen LogP contribution in [-0.2, 0) is 11.2 Å². The Hall–Kier alpha value is -2.77. The summed E-state index contributed by atoms with van der Waals surface area (Å²) in [6.07, 6.45) is 1.93. The minimum absolute atomic E-state index is 0.0892. The van der Waals surface area contributed by atoms with Crippen LogP contribution in [0.2, 0.25) is 0 Å². The molecule has 2 aromatic carbocycles. The second kappa shape index (κ2) is 7.69. The number of rotatable bonds is 5. The highest BCUT2D eigenvalue weighted by atomic mass is 16.5. The third kappa shape index (κ3) is 3.16. The maximum atomic E-state index is 13.0. The van der Waals surface area contributed by atoms with Crippen molar-refractivity contribution in [1.29, 1.82) is 0 Å². The number of methoxy groups -OCH3 is 3. The van der Waals surface area contributed by atoms with Crippen LogP contribution in [0.1, 0.15) is 23.6 Å². The number of aryl methyl sites for hydroxylation is 1. The topological polar surface area (TPSA) is 80.9 Å². The van der Waals surface area contributed by atoms with Gasteiger partial charge in [0, 0.05) is 23.7 Å². The van der Waals surface area contributed by atoms with Crippen LogP contribution in [0.3, 0.4) is 0 Å². The summed E-state index contributed by atoms with van der Waals surface area (Å²) in [5.41, 5.74) is 9.73. The van der Waals surface area contributed by atoms with Gasteiger partial charge in [0.2, 0.25) is 11.7 Å². The highest BCUT2D eigenvalue weighted by Gasteiger charge is 2.43. The summed E-state index contributed by atoms with van der Waals surface area (Å²) < 4.78 is 16.1. The van der Waals surface area contributed by atoms with Crippen LogP contribution in [0.4, 0.5) is 5.69 Å². The lowest BCUT2D eigenvalue weighted by atomic mass is 9.77. The average molecular weight is 383 g/mol. The molecule has 2 aromatic rings. The summed E-state index contributed by atoms with van der Waals surface area (Å²) in [5.74, 6) is 1.59. The van der Waals surface area contributed by atoms with E-state index in [1.165, 1.54) is 11.1 Å². The molecule has 1 heterocycles. The second-order valence-corrected chi connectivity index (χ2v) is 7.05. The largest absolute Gasteiger partial charge is 0.493 e. The average Bonchev–Trinajstić information content (AvgIpc) is 3.17. The fourth-order valence-electron chi connectivity index (χ4n) is 4.25. The van der Waals surface area contributed by atoms with Gasteiger partial charge < -0.3 is 19.5 Å². The molecule has 0 radical (unpaired) electrons. The molecule has 4 rings (SSSR count). The van der Waals surface area contributed by atoms with E-state index < -0.39 is 0 Å². The summed E-state index contributed by atoms with van der Waals surface area (Å²) in [6, 6.07) is 11.7. The van der Waals surface area contributed by atoms with E-state index in [2.05, 4.69) is 34.4 Å². The number of carbonyl (C=O) groups excluding carboxylic acids is 1. The molecule has 3 atom stereocenters. The highest BCUT2D eigenvalue weighted by Crippen LogP contribution is 2.41. The zero-order chi connectivity index (χ0) is 19.7. The molecular weight excluding hydrogens is 358 g/mol. The number of hydrogen-bond acceptors (Lipinski definition) is 6. The SMILES string of the molecule is COc1cc(NC(=O)C2NNC3c4ccccc4CCC23)cc(OC)c1OC. The van der Waals surface area contributed by atoms with Crippen LogP contribution in [0.15, 0.2) is 36.4 Å². The van der Waals surface area contributed by atoms with E-state index in [4.69, 9.17) is 14.2 Å². The Kier molecular flexibility index (Phi) is 5.11. The van der Waals surface area contributed by atoms with Crippen molar-refractivity contribution in [3.8, 4) is 17.2 Å². The summed E-state index contributed by atoms with van der Waals surface area (Å²) in [7, 11) is 4.65. The molecule has 7 heteroatoms. The van der Waals surface area contributed by atoms with Gasteiger partial charge in [0.15, 0.2) is 11.5 Å². The molecule has 3 N–H and O–H groups in total. The van der Waals surface area contributed by atoms with Gasteiger partial charge in [-0.3, -0.25) is 4.79 Å². The number of amides is 1. The molecule has 28 heavy (non-hydrogen) atoms. The number of benzene rings is 2. The summed E-state index contributed by atoms with van der Waals surface area (Å²) in [4.78, 5) is 13.0. The maximum absolute atomic E-state index is 13.0. The number of carbonyl (C=O) groups is 1. The van der Waals surface area contributed by atoms with Crippen molar-refractivity contribution in [1.82, 2.24) is 10.9 Å². The van der Waals surface area contributed by atoms with E-state index in [1.807, 2.05) is 6.07 Å². The number of hydrazine groups is 1. The Labute approximate surface area is 164 Å². The highest BCUT2D eigenvalue weighted by molar-refractivity contribution is 5.96. The molecule has 1 amide bonds. The first-order chi connectivity index (χ1) is 13.7. The van der Waals surface area contributed by atoms with Crippen LogP contribution < -0.4 is 30.4 Å². The Morgan fingerprint density at radius 3 is 2.43 bits per heavy atom. The minimum atomic E-state index is -0.322. The Bertz CT molecular complexity index is 861. The van der Waals surface area contributed by atoms with Crippen LogP contribution in [0, 0.1) is 5.92 Å². The molecule has 1 fully saturated rings. The minimum Gasteiger partial charge on any atom is -0.493 e. The molecule has 148 valence electrons. The third-order valence-electron chi connectivity index (χ3n) is 5.60. The van der Waals surface area contributed by atoms with E-state index in [9.17, 15) is 4.79 Å². The fourth-order valence-corrected chi connectivity index (χ4v) is 4.25. The second-order valence-electron chi connectivity index (χ2n) is 7.05. The number of anilines is 1. The summed E-state index contributed by atoms with van der Waals surface area (Å²) in [6.45, 7) is 0. The predicted octanol–water partition coefficient (Wildman–Crippen LogP) is 2.43. The molecular formula is C21H25N3O4. The van der Waals surface area contributed by atoms with Crippen LogP contribution in [-0.4, -0.2) is 33.3 Å². The molecule has 1 saturated heterocycles. The van der Waals surface area contributed by atoms with Gasteiger partial charge in [-0.1, -0.05) is 24.3 Å².